The smallest absolute Gasteiger partial charge is 0.344 e. The number of furan rings is 1. The quantitative estimate of drug-likeness (QED) is 0.772. The highest BCUT2D eigenvalue weighted by Gasteiger charge is 2.28. The summed E-state index contributed by atoms with van der Waals surface area (Å²) in [6, 6.07) is 3.81. The molecular weight excluding hydrogens is 280 g/mol. The van der Waals surface area contributed by atoms with Crippen molar-refractivity contribution in [2.45, 2.75) is 30.6 Å². The van der Waals surface area contributed by atoms with E-state index < -0.39 is 0 Å². The minimum Gasteiger partial charge on any atom is -0.467 e. The van der Waals surface area contributed by atoms with Crippen molar-refractivity contribution in [3.63, 3.8) is 0 Å². The molecule has 1 aliphatic carbocycles. The molecule has 0 atom stereocenters. The van der Waals surface area contributed by atoms with E-state index in [2.05, 4.69) is 15.5 Å². The first-order valence-electron chi connectivity index (χ1n) is 6.33. The number of nitrogens with zero attached hydrogens (tertiary/aromatic N) is 2. The topological polar surface area (TPSA) is 92.9 Å². The summed E-state index contributed by atoms with van der Waals surface area (Å²) in [5.41, 5.74) is -0.203. The number of rotatable bonds is 6. The van der Waals surface area contributed by atoms with Gasteiger partial charge >= 0.3 is 5.69 Å². The SMILES string of the molecule is O=C(CSc1n[nH]c(=O)n1C1CC1)NCc1ccco1. The second kappa shape index (κ2) is 5.58. The van der Waals surface area contributed by atoms with E-state index in [-0.39, 0.29) is 23.4 Å². The fourth-order valence-corrected chi connectivity index (χ4v) is 2.67. The Balaban J connectivity index is 1.51. The van der Waals surface area contributed by atoms with E-state index >= 15 is 0 Å². The van der Waals surface area contributed by atoms with Crippen molar-refractivity contribution in [2.75, 3.05) is 5.75 Å². The van der Waals surface area contributed by atoms with E-state index in [4.69, 9.17) is 4.42 Å². The lowest BCUT2D eigenvalue weighted by molar-refractivity contribution is -0.118. The van der Waals surface area contributed by atoms with Crippen LogP contribution >= 0.6 is 11.8 Å². The Morgan fingerprint density at radius 3 is 3.15 bits per heavy atom. The molecule has 8 heteroatoms. The van der Waals surface area contributed by atoms with Crippen LogP contribution in [-0.2, 0) is 11.3 Å². The van der Waals surface area contributed by atoms with Crippen LogP contribution in [0.1, 0.15) is 24.6 Å². The number of hydrogen-bond donors (Lipinski definition) is 2. The zero-order valence-corrected chi connectivity index (χ0v) is 11.5. The molecule has 0 saturated heterocycles. The van der Waals surface area contributed by atoms with E-state index in [0.717, 1.165) is 12.8 Å². The summed E-state index contributed by atoms with van der Waals surface area (Å²) in [6.07, 6.45) is 3.56. The number of carbonyl (C=O) groups is 1. The van der Waals surface area contributed by atoms with Crippen molar-refractivity contribution in [1.29, 1.82) is 0 Å². The van der Waals surface area contributed by atoms with Crippen LogP contribution in [0.25, 0.3) is 0 Å². The third-order valence-electron chi connectivity index (χ3n) is 2.96. The summed E-state index contributed by atoms with van der Waals surface area (Å²) in [5.74, 6) is 0.805. The summed E-state index contributed by atoms with van der Waals surface area (Å²) in [5, 5.41) is 9.70. The second-order valence-corrected chi connectivity index (χ2v) is 5.50. The van der Waals surface area contributed by atoms with E-state index in [0.29, 0.717) is 17.5 Å². The number of nitrogens with one attached hydrogen (secondary N) is 2. The first-order valence-corrected chi connectivity index (χ1v) is 7.31. The zero-order chi connectivity index (χ0) is 13.9. The molecule has 0 aromatic carbocycles. The molecular formula is C12H14N4O3S. The van der Waals surface area contributed by atoms with E-state index in [1.807, 2.05) is 0 Å². The highest BCUT2D eigenvalue weighted by Crippen LogP contribution is 2.35. The Hall–Kier alpha value is -1.96. The van der Waals surface area contributed by atoms with Crippen molar-refractivity contribution in [3.05, 3.63) is 34.6 Å². The molecule has 2 aromatic rings. The average Bonchev–Trinajstić information content (AvgIpc) is 3.00. The maximum Gasteiger partial charge on any atom is 0.344 e. The molecule has 2 aromatic heterocycles. The number of hydrogen-bond acceptors (Lipinski definition) is 5. The predicted molar refractivity (Wildman–Crippen MR) is 72.4 cm³/mol. The molecule has 1 fully saturated rings. The van der Waals surface area contributed by atoms with E-state index in [1.54, 1.807) is 23.0 Å². The molecule has 0 aliphatic heterocycles. The first kappa shape index (κ1) is 13.0. The Kier molecular flexibility index (Phi) is 3.64. The molecule has 0 bridgehead atoms. The van der Waals surface area contributed by atoms with Gasteiger partial charge in [-0.2, -0.15) is 0 Å². The fraction of sp³-hybridized carbons (Fsp3) is 0.417. The van der Waals surface area contributed by atoms with E-state index in [9.17, 15) is 9.59 Å². The number of aromatic amines is 1. The minimum atomic E-state index is -0.203. The molecule has 0 spiro atoms. The normalized spacial score (nSPS) is 14.4. The zero-order valence-electron chi connectivity index (χ0n) is 10.7. The number of amides is 1. The van der Waals surface area contributed by atoms with Gasteiger partial charge in [0.2, 0.25) is 5.91 Å². The van der Waals surface area contributed by atoms with Crippen molar-refractivity contribution in [2.24, 2.45) is 0 Å². The van der Waals surface area contributed by atoms with Gasteiger partial charge in [0, 0.05) is 6.04 Å². The van der Waals surface area contributed by atoms with Gasteiger partial charge in [-0.05, 0) is 25.0 Å². The minimum absolute atomic E-state index is 0.121. The molecule has 1 saturated carbocycles. The molecule has 7 nitrogen and oxygen atoms in total. The molecule has 0 unspecified atom stereocenters. The van der Waals surface area contributed by atoms with Crippen molar-refractivity contribution >= 4 is 17.7 Å². The van der Waals surface area contributed by atoms with Crippen LogP contribution in [0.2, 0.25) is 0 Å². The molecule has 0 radical (unpaired) electrons. The Labute approximate surface area is 118 Å². The van der Waals surface area contributed by atoms with E-state index in [1.165, 1.54) is 11.8 Å². The van der Waals surface area contributed by atoms with Gasteiger partial charge in [-0.25, -0.2) is 9.89 Å². The van der Waals surface area contributed by atoms with Crippen LogP contribution < -0.4 is 11.0 Å². The van der Waals surface area contributed by atoms with Crippen LogP contribution in [0.4, 0.5) is 0 Å². The van der Waals surface area contributed by atoms with Crippen molar-refractivity contribution < 1.29 is 9.21 Å². The van der Waals surface area contributed by atoms with Crippen LogP contribution in [-0.4, -0.2) is 26.4 Å². The third-order valence-corrected chi connectivity index (χ3v) is 3.91. The summed E-state index contributed by atoms with van der Waals surface area (Å²) in [4.78, 5) is 23.3. The third kappa shape index (κ3) is 2.96. The van der Waals surface area contributed by atoms with Gasteiger partial charge in [0.15, 0.2) is 5.16 Å². The summed E-state index contributed by atoms with van der Waals surface area (Å²) < 4.78 is 6.75. The first-order chi connectivity index (χ1) is 9.74. The molecule has 2 N–H and O–H groups in total. The van der Waals surface area contributed by atoms with Gasteiger partial charge in [0.1, 0.15) is 5.76 Å². The van der Waals surface area contributed by atoms with Crippen LogP contribution in [0.15, 0.2) is 32.8 Å². The highest BCUT2D eigenvalue weighted by atomic mass is 32.2. The molecule has 2 heterocycles. The predicted octanol–water partition coefficient (Wildman–Crippen LogP) is 0.908. The van der Waals surface area contributed by atoms with Gasteiger partial charge in [0.05, 0.1) is 18.6 Å². The van der Waals surface area contributed by atoms with Gasteiger partial charge in [0.25, 0.3) is 0 Å². The molecule has 1 amide bonds. The van der Waals surface area contributed by atoms with Gasteiger partial charge in [-0.3, -0.25) is 9.36 Å². The molecule has 3 rings (SSSR count). The standard InChI is InChI=1S/C12H14N4O3S/c17-10(13-6-9-2-1-5-19-9)7-20-12-15-14-11(18)16(12)8-3-4-8/h1-2,5,8H,3-4,6-7H2,(H,13,17)(H,14,18). The lowest BCUT2D eigenvalue weighted by Crippen LogP contribution is -2.24. The molecule has 106 valence electrons. The fourth-order valence-electron chi connectivity index (χ4n) is 1.83. The lowest BCUT2D eigenvalue weighted by atomic mass is 10.4. The van der Waals surface area contributed by atoms with Crippen molar-refractivity contribution in [3.8, 4) is 0 Å². The Morgan fingerprint density at radius 1 is 1.60 bits per heavy atom. The highest BCUT2D eigenvalue weighted by molar-refractivity contribution is 7.99. The molecule has 20 heavy (non-hydrogen) atoms. The maximum absolute atomic E-state index is 11.7. The Morgan fingerprint density at radius 2 is 2.45 bits per heavy atom. The maximum atomic E-state index is 11.7. The van der Waals surface area contributed by atoms with Gasteiger partial charge in [-0.1, -0.05) is 11.8 Å². The average molecular weight is 294 g/mol. The largest absolute Gasteiger partial charge is 0.467 e. The van der Waals surface area contributed by atoms with Crippen LogP contribution in [0.3, 0.4) is 0 Å². The summed E-state index contributed by atoms with van der Waals surface area (Å²) in [7, 11) is 0. The van der Waals surface area contributed by atoms with Crippen LogP contribution in [0.5, 0.6) is 0 Å². The summed E-state index contributed by atoms with van der Waals surface area (Å²) in [6.45, 7) is 0.363. The summed E-state index contributed by atoms with van der Waals surface area (Å²) >= 11 is 1.26. The number of aromatic nitrogens is 3. The number of thioether (sulfide) groups is 1. The lowest BCUT2D eigenvalue weighted by Gasteiger charge is -2.04. The number of H-pyrrole nitrogens is 1. The number of carbonyl (C=O) groups excluding carboxylic acids is 1. The monoisotopic (exact) mass is 294 g/mol. The van der Waals surface area contributed by atoms with Crippen LogP contribution in [0, 0.1) is 0 Å². The van der Waals surface area contributed by atoms with Gasteiger partial charge in [-0.15, -0.1) is 5.10 Å². The molecule has 1 aliphatic rings. The Bertz CT molecular complexity index is 642. The second-order valence-electron chi connectivity index (χ2n) is 4.56. The van der Waals surface area contributed by atoms with Crippen molar-refractivity contribution in [1.82, 2.24) is 20.1 Å². The van der Waals surface area contributed by atoms with Gasteiger partial charge < -0.3 is 9.73 Å².